The lowest BCUT2D eigenvalue weighted by molar-refractivity contribution is 0.0383. The van der Waals surface area contributed by atoms with Crippen molar-refractivity contribution < 1.29 is 9.53 Å². The molecule has 4 rings (SSSR count). The molecular weight excluding hydrogens is 370 g/mol. The van der Waals surface area contributed by atoms with Crippen molar-refractivity contribution in [3.63, 3.8) is 0 Å². The molecule has 0 bridgehead atoms. The molecule has 0 radical (unpaired) electrons. The predicted molar refractivity (Wildman–Crippen MR) is 114 cm³/mol. The number of rotatable bonds is 6. The Morgan fingerprint density at radius 1 is 1.21 bits per heavy atom. The van der Waals surface area contributed by atoms with E-state index >= 15 is 0 Å². The number of nitrogens with one attached hydrogen (secondary N) is 1. The van der Waals surface area contributed by atoms with Crippen LogP contribution >= 0.6 is 11.3 Å². The number of thiophene rings is 1. The van der Waals surface area contributed by atoms with E-state index in [0.717, 1.165) is 60.7 Å². The topological polar surface area (TPSA) is 54.5 Å². The molecule has 3 aromatic rings. The standard InChI is InChI=1S/C22H25N3O2S/c1-2-16-7-8-21(28-16)20-15-18(17-5-3-4-6-19(17)24-20)22(26)23-9-10-25-11-13-27-14-12-25/h3-8,15H,2,9-14H2,1H3,(H,23,26). The molecule has 1 N–H and O–H groups in total. The fourth-order valence-corrected chi connectivity index (χ4v) is 4.35. The van der Waals surface area contributed by atoms with Crippen molar-refractivity contribution in [3.05, 3.63) is 52.9 Å². The van der Waals surface area contributed by atoms with Gasteiger partial charge in [0.2, 0.25) is 0 Å². The number of carbonyl (C=O) groups excluding carboxylic acids is 1. The summed E-state index contributed by atoms with van der Waals surface area (Å²) in [6.45, 7) is 7.02. The Balaban J connectivity index is 1.56. The molecule has 1 aromatic carbocycles. The van der Waals surface area contributed by atoms with Crippen molar-refractivity contribution in [3.8, 4) is 10.6 Å². The minimum absolute atomic E-state index is 0.0413. The molecule has 1 aliphatic rings. The van der Waals surface area contributed by atoms with Crippen LogP contribution in [-0.4, -0.2) is 55.2 Å². The van der Waals surface area contributed by atoms with Crippen LogP contribution in [0.25, 0.3) is 21.5 Å². The van der Waals surface area contributed by atoms with Crippen LogP contribution < -0.4 is 5.32 Å². The summed E-state index contributed by atoms with van der Waals surface area (Å²) < 4.78 is 5.37. The molecule has 0 aliphatic carbocycles. The number of hydrogen-bond donors (Lipinski definition) is 1. The highest BCUT2D eigenvalue weighted by molar-refractivity contribution is 7.15. The van der Waals surface area contributed by atoms with Crippen LogP contribution in [0.2, 0.25) is 0 Å². The Labute approximate surface area is 169 Å². The van der Waals surface area contributed by atoms with Gasteiger partial charge in [0, 0.05) is 36.4 Å². The summed E-state index contributed by atoms with van der Waals surface area (Å²) in [5, 5.41) is 3.98. The first-order valence-corrected chi connectivity index (χ1v) is 10.6. The van der Waals surface area contributed by atoms with Gasteiger partial charge in [-0.15, -0.1) is 11.3 Å². The number of nitrogens with zero attached hydrogens (tertiary/aromatic N) is 2. The summed E-state index contributed by atoms with van der Waals surface area (Å²) in [7, 11) is 0. The van der Waals surface area contributed by atoms with Gasteiger partial charge in [-0.2, -0.15) is 0 Å². The smallest absolute Gasteiger partial charge is 0.252 e. The Bertz CT molecular complexity index is 963. The molecule has 1 fully saturated rings. The number of hydrogen-bond acceptors (Lipinski definition) is 5. The molecule has 146 valence electrons. The second-order valence-electron chi connectivity index (χ2n) is 6.90. The van der Waals surface area contributed by atoms with E-state index in [1.54, 1.807) is 11.3 Å². The average Bonchev–Trinajstić information content (AvgIpc) is 3.23. The van der Waals surface area contributed by atoms with Gasteiger partial charge in [0.15, 0.2) is 0 Å². The lowest BCUT2D eigenvalue weighted by Gasteiger charge is -2.26. The molecule has 3 heterocycles. The molecule has 0 spiro atoms. The maximum Gasteiger partial charge on any atom is 0.252 e. The molecule has 6 heteroatoms. The number of benzene rings is 1. The number of aromatic nitrogens is 1. The third kappa shape index (κ3) is 4.24. The zero-order valence-electron chi connectivity index (χ0n) is 16.1. The van der Waals surface area contributed by atoms with Gasteiger partial charge >= 0.3 is 0 Å². The Hall–Kier alpha value is -2.28. The number of morpholine rings is 1. The van der Waals surface area contributed by atoms with Crippen LogP contribution in [0.3, 0.4) is 0 Å². The third-order valence-electron chi connectivity index (χ3n) is 5.04. The largest absolute Gasteiger partial charge is 0.379 e. The highest BCUT2D eigenvalue weighted by Gasteiger charge is 2.16. The van der Waals surface area contributed by atoms with E-state index in [0.29, 0.717) is 12.1 Å². The number of ether oxygens (including phenoxy) is 1. The van der Waals surface area contributed by atoms with Crippen LogP contribution in [0, 0.1) is 0 Å². The molecule has 0 atom stereocenters. The predicted octanol–water partition coefficient (Wildman–Crippen LogP) is 3.59. The first-order chi connectivity index (χ1) is 13.7. The number of pyridine rings is 1. The van der Waals surface area contributed by atoms with Crippen LogP contribution in [0.1, 0.15) is 22.2 Å². The van der Waals surface area contributed by atoms with Gasteiger partial charge in [-0.25, -0.2) is 4.98 Å². The lowest BCUT2D eigenvalue weighted by atomic mass is 10.1. The quantitative estimate of drug-likeness (QED) is 0.693. The third-order valence-corrected chi connectivity index (χ3v) is 6.29. The Kier molecular flexibility index (Phi) is 6.00. The van der Waals surface area contributed by atoms with E-state index in [2.05, 4.69) is 29.3 Å². The highest BCUT2D eigenvalue weighted by Crippen LogP contribution is 2.30. The molecular formula is C22H25N3O2S. The minimum Gasteiger partial charge on any atom is -0.379 e. The maximum absolute atomic E-state index is 13.0. The molecule has 1 amide bonds. The van der Waals surface area contributed by atoms with Crippen molar-refractivity contribution in [1.82, 2.24) is 15.2 Å². The molecule has 1 saturated heterocycles. The molecule has 28 heavy (non-hydrogen) atoms. The molecule has 1 aliphatic heterocycles. The zero-order valence-corrected chi connectivity index (χ0v) is 16.9. The zero-order chi connectivity index (χ0) is 19.3. The number of amides is 1. The van der Waals surface area contributed by atoms with E-state index in [9.17, 15) is 4.79 Å². The fourth-order valence-electron chi connectivity index (χ4n) is 3.44. The normalized spacial score (nSPS) is 15.0. The second kappa shape index (κ2) is 8.82. The second-order valence-corrected chi connectivity index (χ2v) is 8.07. The molecule has 0 unspecified atom stereocenters. The molecule has 0 saturated carbocycles. The van der Waals surface area contributed by atoms with Gasteiger partial charge in [-0.3, -0.25) is 9.69 Å². The number of fused-ring (bicyclic) bond motifs is 1. The van der Waals surface area contributed by atoms with E-state index in [-0.39, 0.29) is 5.91 Å². The van der Waals surface area contributed by atoms with Crippen LogP contribution in [-0.2, 0) is 11.2 Å². The van der Waals surface area contributed by atoms with Crippen LogP contribution in [0.15, 0.2) is 42.5 Å². The van der Waals surface area contributed by atoms with Crippen molar-refractivity contribution in [2.75, 3.05) is 39.4 Å². The Morgan fingerprint density at radius 2 is 2.04 bits per heavy atom. The first kappa shape index (κ1) is 19.1. The van der Waals surface area contributed by atoms with Crippen molar-refractivity contribution >= 4 is 28.1 Å². The van der Waals surface area contributed by atoms with Crippen molar-refractivity contribution in [1.29, 1.82) is 0 Å². The number of aryl methyl sites for hydroxylation is 1. The summed E-state index contributed by atoms with van der Waals surface area (Å²) in [6.07, 6.45) is 1.01. The summed E-state index contributed by atoms with van der Waals surface area (Å²) >= 11 is 1.74. The van der Waals surface area contributed by atoms with Crippen LogP contribution in [0.4, 0.5) is 0 Å². The van der Waals surface area contributed by atoms with E-state index in [1.807, 2.05) is 30.3 Å². The van der Waals surface area contributed by atoms with Crippen LogP contribution in [0.5, 0.6) is 0 Å². The average molecular weight is 396 g/mol. The van der Waals surface area contributed by atoms with E-state index in [4.69, 9.17) is 9.72 Å². The van der Waals surface area contributed by atoms with Crippen molar-refractivity contribution in [2.24, 2.45) is 0 Å². The van der Waals surface area contributed by atoms with Gasteiger partial charge in [0.05, 0.1) is 34.9 Å². The first-order valence-electron chi connectivity index (χ1n) is 9.82. The number of para-hydroxylation sites is 1. The molecule has 2 aromatic heterocycles. The monoisotopic (exact) mass is 395 g/mol. The van der Waals surface area contributed by atoms with Crippen molar-refractivity contribution in [2.45, 2.75) is 13.3 Å². The highest BCUT2D eigenvalue weighted by atomic mass is 32.1. The number of carbonyl (C=O) groups is 1. The van der Waals surface area contributed by atoms with Gasteiger partial charge in [0.25, 0.3) is 5.91 Å². The molecule has 5 nitrogen and oxygen atoms in total. The van der Waals surface area contributed by atoms with Gasteiger partial charge in [-0.1, -0.05) is 25.1 Å². The Morgan fingerprint density at radius 3 is 2.82 bits per heavy atom. The fraction of sp³-hybridized carbons (Fsp3) is 0.364. The lowest BCUT2D eigenvalue weighted by Crippen LogP contribution is -2.41. The maximum atomic E-state index is 13.0. The minimum atomic E-state index is -0.0413. The van der Waals surface area contributed by atoms with E-state index < -0.39 is 0 Å². The summed E-state index contributed by atoms with van der Waals surface area (Å²) in [5.74, 6) is -0.0413. The summed E-state index contributed by atoms with van der Waals surface area (Å²) in [4.78, 5) is 22.5. The van der Waals surface area contributed by atoms with Gasteiger partial charge < -0.3 is 10.1 Å². The summed E-state index contributed by atoms with van der Waals surface area (Å²) in [5.41, 5.74) is 2.40. The van der Waals surface area contributed by atoms with Gasteiger partial charge in [0.1, 0.15) is 0 Å². The van der Waals surface area contributed by atoms with Gasteiger partial charge in [-0.05, 0) is 30.7 Å². The van der Waals surface area contributed by atoms with E-state index in [1.165, 1.54) is 4.88 Å². The SMILES string of the molecule is CCc1ccc(-c2cc(C(=O)NCCN3CCOCC3)c3ccccc3n2)s1. The summed E-state index contributed by atoms with van der Waals surface area (Å²) in [6, 6.07) is 14.0.